The van der Waals surface area contributed by atoms with Crippen molar-refractivity contribution in [2.45, 2.75) is 75.7 Å². The highest BCUT2D eigenvalue weighted by Crippen LogP contribution is 2.42. The Balaban J connectivity index is 1.19. The lowest BCUT2D eigenvalue weighted by Gasteiger charge is -2.39. The molecule has 2 saturated heterocycles. The van der Waals surface area contributed by atoms with Crippen LogP contribution in [0.4, 0.5) is 23.4 Å². The lowest BCUT2D eigenvalue weighted by atomic mass is 9.96. The Bertz CT molecular complexity index is 1780. The summed E-state index contributed by atoms with van der Waals surface area (Å²) in [6.45, 7) is -2.90. The van der Waals surface area contributed by atoms with E-state index in [0.29, 0.717) is 24.3 Å². The van der Waals surface area contributed by atoms with Crippen molar-refractivity contribution in [1.82, 2.24) is 19.8 Å². The zero-order chi connectivity index (χ0) is 33.6. The largest absolute Gasteiger partial charge is 0.435 e. The number of carbonyl (C=O) groups is 2. The van der Waals surface area contributed by atoms with Gasteiger partial charge in [0.2, 0.25) is 0 Å². The monoisotopic (exact) mass is 669 g/mol. The first-order chi connectivity index (χ1) is 23.0. The van der Waals surface area contributed by atoms with E-state index in [1.165, 1.54) is 18.2 Å². The number of hydrogen-bond donors (Lipinski definition) is 2. The van der Waals surface area contributed by atoms with Crippen molar-refractivity contribution in [3.05, 3.63) is 75.3 Å². The maximum Gasteiger partial charge on any atom is 0.387 e. The van der Waals surface area contributed by atoms with Gasteiger partial charge in [0.1, 0.15) is 17.1 Å². The fraction of sp³-hybridized carbons (Fsp3) is 0.471. The van der Waals surface area contributed by atoms with E-state index >= 15 is 0 Å². The van der Waals surface area contributed by atoms with Crippen LogP contribution in [0.1, 0.15) is 82.5 Å². The molecule has 3 aromatic rings. The lowest BCUT2D eigenvalue weighted by Crippen LogP contribution is -2.58. The number of rotatable bonds is 12. The SMILES string of the molecule is O=C(Nc1cc(-c2ccc(OC(F)F)cc2C(=O)N2CC(F)(F)C2)cc(C2CC2)n1)c1cc(CNC[C@H]2CCCO2)cn(C2CC2)c1=O. The maximum absolute atomic E-state index is 13.7. The third-order valence-corrected chi connectivity index (χ3v) is 8.98. The van der Waals surface area contributed by atoms with Crippen LogP contribution < -0.4 is 20.9 Å². The molecule has 4 aliphatic rings. The first-order valence-electron chi connectivity index (χ1n) is 16.2. The number of anilines is 1. The summed E-state index contributed by atoms with van der Waals surface area (Å²) >= 11 is 0. The fourth-order valence-corrected chi connectivity index (χ4v) is 6.22. The molecule has 0 bridgehead atoms. The third-order valence-electron chi connectivity index (χ3n) is 8.98. The number of alkyl halides is 4. The molecule has 4 fully saturated rings. The molecule has 2 aliphatic carbocycles. The van der Waals surface area contributed by atoms with Gasteiger partial charge in [-0.15, -0.1) is 0 Å². The van der Waals surface area contributed by atoms with Gasteiger partial charge in [0.25, 0.3) is 23.3 Å². The molecule has 1 atom stereocenters. The van der Waals surface area contributed by atoms with Crippen LogP contribution in [0.5, 0.6) is 5.75 Å². The molecule has 1 aromatic carbocycles. The predicted molar refractivity (Wildman–Crippen MR) is 167 cm³/mol. The fourth-order valence-electron chi connectivity index (χ4n) is 6.22. The summed E-state index contributed by atoms with van der Waals surface area (Å²) in [6.07, 6.45) is 7.33. The molecule has 2 aromatic heterocycles. The third kappa shape index (κ3) is 7.24. The molecule has 48 heavy (non-hydrogen) atoms. The standard InChI is InChI=1S/C34H35F4N5O5/c35-33(36)48-23-7-8-25(26(13-23)31(45)42-17-34(37,38)18-42)21-11-28(20-3-4-20)40-29(12-21)41-30(44)27-10-19(14-39-15-24-2-1-9-47-24)16-43(32(27)46)22-5-6-22/h7-8,10-13,16,20,22,24,33,39H,1-6,9,14-15,17-18H2,(H,40,41,44)/t24-/m1/s1. The smallest absolute Gasteiger partial charge is 0.387 e. The molecule has 7 rings (SSSR count). The van der Waals surface area contributed by atoms with Crippen LogP contribution in [0, 0.1) is 0 Å². The maximum atomic E-state index is 13.7. The number of nitrogens with one attached hydrogen (secondary N) is 2. The van der Waals surface area contributed by atoms with Gasteiger partial charge in [0.15, 0.2) is 0 Å². The van der Waals surface area contributed by atoms with Crippen molar-refractivity contribution in [3.63, 3.8) is 0 Å². The molecule has 2 aliphatic heterocycles. The van der Waals surface area contributed by atoms with E-state index in [4.69, 9.17) is 4.74 Å². The van der Waals surface area contributed by atoms with Gasteiger partial charge in [-0.05, 0) is 91.6 Å². The Morgan fingerprint density at radius 1 is 1.04 bits per heavy atom. The highest BCUT2D eigenvalue weighted by atomic mass is 19.3. The van der Waals surface area contributed by atoms with Crippen molar-refractivity contribution < 1.29 is 36.6 Å². The van der Waals surface area contributed by atoms with Crippen LogP contribution in [0.3, 0.4) is 0 Å². The number of ether oxygens (including phenoxy) is 2. The minimum absolute atomic E-state index is 0.0319. The minimum atomic E-state index is -3.16. The normalized spacial score (nSPS) is 20.1. The summed E-state index contributed by atoms with van der Waals surface area (Å²) in [5.41, 5.74) is 1.54. The van der Waals surface area contributed by atoms with Gasteiger partial charge in [-0.3, -0.25) is 14.4 Å². The average Bonchev–Trinajstić information content (AvgIpc) is 3.98. The lowest BCUT2D eigenvalue weighted by molar-refractivity contribution is -0.113. The highest BCUT2D eigenvalue weighted by molar-refractivity contribution is 6.05. The van der Waals surface area contributed by atoms with E-state index in [2.05, 4.69) is 20.4 Å². The van der Waals surface area contributed by atoms with Gasteiger partial charge >= 0.3 is 6.61 Å². The highest BCUT2D eigenvalue weighted by Gasteiger charge is 2.47. The number of pyridine rings is 2. The Morgan fingerprint density at radius 3 is 2.50 bits per heavy atom. The van der Waals surface area contributed by atoms with Crippen molar-refractivity contribution in [2.75, 3.05) is 31.6 Å². The molecule has 10 nitrogen and oxygen atoms in total. The average molecular weight is 670 g/mol. The number of likely N-dealkylation sites (tertiary alicyclic amines) is 1. The van der Waals surface area contributed by atoms with E-state index in [-0.39, 0.29) is 46.3 Å². The molecule has 0 spiro atoms. The molecule has 2 saturated carbocycles. The Kier molecular flexibility index (Phi) is 8.71. The quantitative estimate of drug-likeness (QED) is 0.251. The van der Waals surface area contributed by atoms with E-state index in [9.17, 15) is 31.9 Å². The van der Waals surface area contributed by atoms with Crippen molar-refractivity contribution in [3.8, 4) is 16.9 Å². The molecule has 4 heterocycles. The summed E-state index contributed by atoms with van der Waals surface area (Å²) in [5, 5.41) is 6.13. The molecule has 254 valence electrons. The van der Waals surface area contributed by atoms with Gasteiger partial charge < -0.3 is 29.6 Å². The number of hydrogen-bond acceptors (Lipinski definition) is 7. The van der Waals surface area contributed by atoms with Crippen LogP contribution in [-0.4, -0.2) is 71.1 Å². The van der Waals surface area contributed by atoms with Crippen LogP contribution in [0.2, 0.25) is 0 Å². The van der Waals surface area contributed by atoms with Crippen molar-refractivity contribution >= 4 is 17.6 Å². The van der Waals surface area contributed by atoms with Crippen LogP contribution in [0.25, 0.3) is 11.1 Å². The number of aromatic nitrogens is 2. The second kappa shape index (κ2) is 13.0. The molecule has 0 unspecified atom stereocenters. The first-order valence-corrected chi connectivity index (χ1v) is 16.2. The number of nitrogens with zero attached hydrogens (tertiary/aromatic N) is 3. The van der Waals surface area contributed by atoms with E-state index in [1.807, 2.05) is 0 Å². The molecular formula is C34H35F4N5O5. The van der Waals surface area contributed by atoms with E-state index in [1.54, 1.807) is 22.9 Å². The van der Waals surface area contributed by atoms with Crippen molar-refractivity contribution in [2.24, 2.45) is 0 Å². The van der Waals surface area contributed by atoms with Crippen LogP contribution in [-0.2, 0) is 11.3 Å². The summed E-state index contributed by atoms with van der Waals surface area (Å²) in [6, 6.07) is 8.63. The topological polar surface area (TPSA) is 115 Å². The Hall–Kier alpha value is -4.30. The Morgan fingerprint density at radius 2 is 1.83 bits per heavy atom. The van der Waals surface area contributed by atoms with Gasteiger partial charge in [0.05, 0.1) is 24.8 Å². The zero-order valence-corrected chi connectivity index (χ0v) is 26.0. The molecular weight excluding hydrogens is 634 g/mol. The summed E-state index contributed by atoms with van der Waals surface area (Å²) in [4.78, 5) is 46.1. The van der Waals surface area contributed by atoms with E-state index in [0.717, 1.165) is 61.7 Å². The van der Waals surface area contributed by atoms with Gasteiger partial charge in [-0.2, -0.15) is 8.78 Å². The van der Waals surface area contributed by atoms with Gasteiger partial charge in [-0.25, -0.2) is 13.8 Å². The van der Waals surface area contributed by atoms with Gasteiger partial charge in [-0.1, -0.05) is 0 Å². The molecule has 0 radical (unpaired) electrons. The molecule has 2 amide bonds. The second-order valence-corrected chi connectivity index (χ2v) is 13.0. The molecule has 2 N–H and O–H groups in total. The first kappa shape index (κ1) is 32.3. The van der Waals surface area contributed by atoms with Crippen LogP contribution >= 0.6 is 0 Å². The summed E-state index contributed by atoms with van der Waals surface area (Å²) in [7, 11) is 0. The van der Waals surface area contributed by atoms with E-state index < -0.39 is 43.0 Å². The number of amides is 2. The second-order valence-electron chi connectivity index (χ2n) is 13.0. The van der Waals surface area contributed by atoms with Crippen molar-refractivity contribution in [1.29, 1.82) is 0 Å². The number of benzene rings is 1. The number of halogens is 4. The zero-order valence-electron chi connectivity index (χ0n) is 26.0. The van der Waals surface area contributed by atoms with Crippen LogP contribution in [0.15, 0.2) is 47.4 Å². The predicted octanol–water partition coefficient (Wildman–Crippen LogP) is 5.34. The minimum Gasteiger partial charge on any atom is -0.435 e. The molecule has 14 heteroatoms. The summed E-state index contributed by atoms with van der Waals surface area (Å²) < 4.78 is 65.2. The van der Waals surface area contributed by atoms with Gasteiger partial charge in [0, 0.05) is 43.5 Å². The Labute approximate surface area is 273 Å². The number of carbonyl (C=O) groups excluding carboxylic acids is 2. The summed E-state index contributed by atoms with van der Waals surface area (Å²) in [5.74, 6) is -4.53.